The fraction of sp³-hybridized carbons (Fsp3) is 0.943. The lowest BCUT2D eigenvalue weighted by Crippen LogP contribution is -2.60. The second kappa shape index (κ2) is 12.5. The largest absolute Gasteiger partial charge is 0.394 e. The highest BCUT2D eigenvalue weighted by Crippen LogP contribution is 2.67. The van der Waals surface area contributed by atoms with E-state index in [0.717, 1.165) is 60.7 Å². The van der Waals surface area contributed by atoms with Gasteiger partial charge in [0.25, 0.3) is 0 Å². The summed E-state index contributed by atoms with van der Waals surface area (Å²) < 4.78 is 11.9. The van der Waals surface area contributed by atoms with Gasteiger partial charge in [-0.05, 0) is 110 Å². The van der Waals surface area contributed by atoms with Crippen LogP contribution in [0.25, 0.3) is 0 Å². The number of aliphatic hydroxyl groups excluding tert-OH is 4. The first kappa shape index (κ1) is 31.9. The van der Waals surface area contributed by atoms with E-state index >= 15 is 0 Å². The Kier molecular flexibility index (Phi) is 9.71. The van der Waals surface area contributed by atoms with Gasteiger partial charge in [-0.1, -0.05) is 66.0 Å². The van der Waals surface area contributed by atoms with Gasteiger partial charge in [-0.25, -0.2) is 0 Å². The highest BCUT2D eigenvalue weighted by atomic mass is 16.7. The maximum absolute atomic E-state index is 10.5. The van der Waals surface area contributed by atoms with Crippen LogP contribution in [-0.4, -0.2) is 63.8 Å². The van der Waals surface area contributed by atoms with Crippen LogP contribution in [0.5, 0.6) is 0 Å². The van der Waals surface area contributed by atoms with E-state index < -0.39 is 37.3 Å². The van der Waals surface area contributed by atoms with E-state index in [4.69, 9.17) is 9.47 Å². The highest BCUT2D eigenvalue weighted by molar-refractivity contribution is 5.25. The van der Waals surface area contributed by atoms with E-state index in [2.05, 4.69) is 47.6 Å². The first-order valence-electron chi connectivity index (χ1n) is 17.1. The van der Waals surface area contributed by atoms with Crippen molar-refractivity contribution in [2.45, 2.75) is 149 Å². The minimum atomic E-state index is -1.40. The summed E-state index contributed by atoms with van der Waals surface area (Å²) in [7, 11) is 0. The van der Waals surface area contributed by atoms with Crippen LogP contribution in [0.1, 0.15) is 112 Å². The quantitative estimate of drug-likeness (QED) is 0.257. The third kappa shape index (κ3) is 5.73. The summed E-state index contributed by atoms with van der Waals surface area (Å²) in [4.78, 5) is 0. The van der Waals surface area contributed by atoms with Crippen LogP contribution in [0.15, 0.2) is 11.6 Å². The number of fused-ring (bicyclic) bond motifs is 5. The van der Waals surface area contributed by atoms with Gasteiger partial charge in [0.05, 0.1) is 12.7 Å². The molecule has 6 nitrogen and oxygen atoms in total. The van der Waals surface area contributed by atoms with Crippen molar-refractivity contribution in [2.24, 2.45) is 52.3 Å². The molecule has 0 aromatic carbocycles. The molecule has 6 heteroatoms. The molecule has 0 bridgehead atoms. The molecule has 0 radical (unpaired) electrons. The number of ether oxygens (including phenoxy) is 2. The standard InChI is InChI=1S/C35H60O6/c1-7-22(20(2)3)9-8-21(4)26-12-13-27-25-11-10-23-18-24(14-16-34(23,5)28(25)15-17-35(26,27)6)40-33-32(39)31(38)30(37)29(19-36)41-33/h10,20-22,24-33,36-39H,7-9,11-19H2,1-6H3/t21-,22?,24+,25+,26+,27+,28+,29-,30+,31+,32+,33?,34+,35-/m1/s1. The molecule has 1 aliphatic heterocycles. The summed E-state index contributed by atoms with van der Waals surface area (Å²) in [6.07, 6.45) is 9.92. The smallest absolute Gasteiger partial charge is 0.186 e. The lowest BCUT2D eigenvalue weighted by Gasteiger charge is -2.58. The van der Waals surface area contributed by atoms with Gasteiger partial charge >= 0.3 is 0 Å². The van der Waals surface area contributed by atoms with Gasteiger partial charge in [-0.3, -0.25) is 0 Å². The molecule has 1 heterocycles. The first-order valence-corrected chi connectivity index (χ1v) is 17.1. The van der Waals surface area contributed by atoms with Crippen molar-refractivity contribution in [2.75, 3.05) is 6.61 Å². The molecule has 5 rings (SSSR count). The van der Waals surface area contributed by atoms with Crippen LogP contribution in [-0.2, 0) is 9.47 Å². The van der Waals surface area contributed by atoms with Gasteiger partial charge in [0.2, 0.25) is 0 Å². The Labute approximate surface area is 249 Å². The minimum Gasteiger partial charge on any atom is -0.394 e. The van der Waals surface area contributed by atoms with Crippen molar-refractivity contribution in [3.8, 4) is 0 Å². The molecule has 4 aliphatic carbocycles. The second-order valence-corrected chi connectivity index (χ2v) is 15.7. The number of rotatable bonds is 9. The van der Waals surface area contributed by atoms with Gasteiger partial charge in [0, 0.05) is 0 Å². The van der Waals surface area contributed by atoms with Gasteiger partial charge in [0.1, 0.15) is 24.4 Å². The van der Waals surface area contributed by atoms with Crippen LogP contribution in [0, 0.1) is 52.3 Å². The summed E-state index contributed by atoms with van der Waals surface area (Å²) in [6.45, 7) is 14.5. The Morgan fingerprint density at radius 3 is 2.39 bits per heavy atom. The molecule has 0 spiro atoms. The van der Waals surface area contributed by atoms with E-state index in [0.29, 0.717) is 5.41 Å². The molecular weight excluding hydrogens is 516 g/mol. The predicted octanol–water partition coefficient (Wildman–Crippen LogP) is 5.85. The summed E-state index contributed by atoms with van der Waals surface area (Å²) in [5.41, 5.74) is 2.19. The number of hydrogen-bond acceptors (Lipinski definition) is 6. The Morgan fingerprint density at radius 2 is 1.71 bits per heavy atom. The monoisotopic (exact) mass is 576 g/mol. The topological polar surface area (TPSA) is 99.4 Å². The molecule has 5 aliphatic rings. The molecule has 1 saturated heterocycles. The Balaban J connectivity index is 1.24. The zero-order chi connectivity index (χ0) is 29.7. The maximum atomic E-state index is 10.5. The molecular formula is C35H60O6. The Hall–Kier alpha value is -0.500. The van der Waals surface area contributed by atoms with Crippen molar-refractivity contribution in [1.29, 1.82) is 0 Å². The van der Waals surface area contributed by atoms with Crippen LogP contribution in [0.3, 0.4) is 0 Å². The third-order valence-corrected chi connectivity index (χ3v) is 13.5. The molecule has 4 N–H and O–H groups in total. The van der Waals surface area contributed by atoms with Crippen molar-refractivity contribution in [3.05, 3.63) is 11.6 Å². The van der Waals surface area contributed by atoms with E-state index in [1.165, 1.54) is 56.9 Å². The zero-order valence-corrected chi connectivity index (χ0v) is 26.7. The van der Waals surface area contributed by atoms with Crippen LogP contribution < -0.4 is 0 Å². The minimum absolute atomic E-state index is 0.101. The second-order valence-electron chi connectivity index (χ2n) is 15.7. The average molecular weight is 577 g/mol. The average Bonchev–Trinajstić information content (AvgIpc) is 3.30. The fourth-order valence-corrected chi connectivity index (χ4v) is 10.8. The van der Waals surface area contributed by atoms with Gasteiger partial charge < -0.3 is 29.9 Å². The normalized spacial score (nSPS) is 47.7. The maximum Gasteiger partial charge on any atom is 0.186 e. The van der Waals surface area contributed by atoms with Gasteiger partial charge in [-0.2, -0.15) is 0 Å². The summed E-state index contributed by atoms with van der Waals surface area (Å²) in [6, 6.07) is 0. The van der Waals surface area contributed by atoms with E-state index in [1.54, 1.807) is 0 Å². The van der Waals surface area contributed by atoms with Crippen LogP contribution in [0.2, 0.25) is 0 Å². The van der Waals surface area contributed by atoms with Crippen LogP contribution >= 0.6 is 0 Å². The Morgan fingerprint density at radius 1 is 0.951 bits per heavy atom. The van der Waals surface area contributed by atoms with E-state index in [9.17, 15) is 20.4 Å². The molecule has 0 aromatic rings. The van der Waals surface area contributed by atoms with E-state index in [-0.39, 0.29) is 11.5 Å². The van der Waals surface area contributed by atoms with Gasteiger partial charge in [0.15, 0.2) is 6.29 Å². The lowest BCUT2D eigenvalue weighted by atomic mass is 9.47. The van der Waals surface area contributed by atoms with Crippen LogP contribution in [0.4, 0.5) is 0 Å². The SMILES string of the molecule is CCC(CC[C@@H](C)[C@@H]1CC[C@H]2[C@@H]3CC=C4C[C@@H](OC5O[C@H](CO)[C@H](O)[C@H](O)[C@@H]5O)CC[C@]4(C)[C@H]3CC[C@@]21C)C(C)C. The summed E-state index contributed by atoms with van der Waals surface area (Å²) >= 11 is 0. The van der Waals surface area contributed by atoms with Crippen molar-refractivity contribution >= 4 is 0 Å². The molecule has 41 heavy (non-hydrogen) atoms. The molecule has 236 valence electrons. The number of hydrogen-bond donors (Lipinski definition) is 4. The van der Waals surface area contributed by atoms with Crippen molar-refractivity contribution in [3.63, 3.8) is 0 Å². The molecule has 0 aromatic heterocycles. The molecule has 4 fully saturated rings. The first-order chi connectivity index (χ1) is 19.4. The zero-order valence-electron chi connectivity index (χ0n) is 26.7. The number of aliphatic hydroxyl groups is 4. The molecule has 3 saturated carbocycles. The predicted molar refractivity (Wildman–Crippen MR) is 161 cm³/mol. The highest BCUT2D eigenvalue weighted by Gasteiger charge is 2.59. The summed E-state index contributed by atoms with van der Waals surface area (Å²) in [5, 5.41) is 40.4. The van der Waals surface area contributed by atoms with Gasteiger partial charge in [-0.15, -0.1) is 0 Å². The third-order valence-electron chi connectivity index (χ3n) is 13.5. The molecule has 14 atom stereocenters. The molecule has 2 unspecified atom stereocenters. The van der Waals surface area contributed by atoms with Crippen molar-refractivity contribution in [1.82, 2.24) is 0 Å². The summed E-state index contributed by atoms with van der Waals surface area (Å²) in [5.74, 6) is 5.66. The fourth-order valence-electron chi connectivity index (χ4n) is 10.8. The lowest BCUT2D eigenvalue weighted by molar-refractivity contribution is -0.313. The van der Waals surface area contributed by atoms with E-state index in [1.807, 2.05) is 0 Å². The van der Waals surface area contributed by atoms with Crippen molar-refractivity contribution < 1.29 is 29.9 Å². The number of allylic oxidation sites excluding steroid dienone is 1. The Bertz CT molecular complexity index is 918. The molecule has 0 amide bonds.